The highest BCUT2D eigenvalue weighted by atomic mass is 16.3. The molecule has 0 bridgehead atoms. The van der Waals surface area contributed by atoms with Gasteiger partial charge in [0.05, 0.1) is 5.60 Å². The van der Waals surface area contributed by atoms with E-state index in [0.29, 0.717) is 31.6 Å². The topological polar surface area (TPSA) is 111 Å². The molecule has 3 aliphatic rings. The Morgan fingerprint density at radius 1 is 1.20 bits per heavy atom. The second kappa shape index (κ2) is 8.45. The van der Waals surface area contributed by atoms with Crippen LogP contribution >= 0.6 is 0 Å². The van der Waals surface area contributed by atoms with Gasteiger partial charge in [-0.1, -0.05) is 12.1 Å². The van der Waals surface area contributed by atoms with Crippen LogP contribution in [0.15, 0.2) is 18.2 Å². The Bertz CT molecular complexity index is 848. The first-order valence-electron chi connectivity index (χ1n) is 10.8. The van der Waals surface area contributed by atoms with Crippen LogP contribution in [0, 0.1) is 5.92 Å². The largest absolute Gasteiger partial charge is 0.389 e. The van der Waals surface area contributed by atoms with Crippen molar-refractivity contribution in [2.45, 2.75) is 57.3 Å². The molecule has 0 radical (unpaired) electrons. The highest BCUT2D eigenvalue weighted by molar-refractivity contribution is 6.05. The van der Waals surface area contributed by atoms with E-state index in [4.69, 9.17) is 0 Å². The molecule has 3 amide bonds. The summed E-state index contributed by atoms with van der Waals surface area (Å²) in [5.74, 6) is -0.553. The Hall–Kier alpha value is -2.29. The molecule has 1 aromatic rings. The fourth-order valence-corrected chi connectivity index (χ4v) is 4.79. The molecular formula is C22H30N4O4. The zero-order valence-electron chi connectivity index (χ0n) is 17.4. The van der Waals surface area contributed by atoms with Crippen LogP contribution in [0.25, 0.3) is 0 Å². The van der Waals surface area contributed by atoms with Crippen molar-refractivity contribution in [3.05, 3.63) is 34.9 Å². The molecule has 3 aliphatic heterocycles. The molecule has 162 valence electrons. The van der Waals surface area contributed by atoms with Gasteiger partial charge in [-0.25, -0.2) is 0 Å². The van der Waals surface area contributed by atoms with Crippen LogP contribution in [0.1, 0.15) is 54.1 Å². The second-order valence-electron chi connectivity index (χ2n) is 8.88. The Labute approximate surface area is 176 Å². The van der Waals surface area contributed by atoms with E-state index >= 15 is 0 Å². The molecule has 4 N–H and O–H groups in total. The van der Waals surface area contributed by atoms with Crippen molar-refractivity contribution < 1.29 is 19.5 Å². The number of hydrogen-bond donors (Lipinski definition) is 4. The van der Waals surface area contributed by atoms with Gasteiger partial charge in [-0.3, -0.25) is 19.7 Å². The summed E-state index contributed by atoms with van der Waals surface area (Å²) in [6.07, 6.45) is 2.57. The number of hydrogen-bond acceptors (Lipinski definition) is 6. The lowest BCUT2D eigenvalue weighted by atomic mass is 9.82. The van der Waals surface area contributed by atoms with Crippen molar-refractivity contribution in [1.29, 1.82) is 0 Å². The number of aliphatic hydroxyl groups is 1. The summed E-state index contributed by atoms with van der Waals surface area (Å²) in [6.45, 7) is 5.28. The summed E-state index contributed by atoms with van der Waals surface area (Å²) < 4.78 is 0. The Morgan fingerprint density at radius 2 is 1.97 bits per heavy atom. The first kappa shape index (κ1) is 21.0. The summed E-state index contributed by atoms with van der Waals surface area (Å²) in [6, 6.07) is 5.12. The molecule has 8 heteroatoms. The van der Waals surface area contributed by atoms with Gasteiger partial charge in [0, 0.05) is 31.6 Å². The van der Waals surface area contributed by atoms with Crippen LogP contribution in [-0.4, -0.2) is 59.0 Å². The molecule has 4 rings (SSSR count). The van der Waals surface area contributed by atoms with E-state index in [1.165, 1.54) is 0 Å². The smallest absolute Gasteiger partial charge is 0.255 e. The van der Waals surface area contributed by atoms with Crippen LogP contribution in [0.4, 0.5) is 0 Å². The fraction of sp³-hybridized carbons (Fsp3) is 0.591. The van der Waals surface area contributed by atoms with Crippen LogP contribution in [0.3, 0.4) is 0 Å². The van der Waals surface area contributed by atoms with Gasteiger partial charge < -0.3 is 20.6 Å². The first-order valence-corrected chi connectivity index (χ1v) is 10.8. The maximum atomic E-state index is 12.8. The monoisotopic (exact) mass is 414 g/mol. The molecular weight excluding hydrogens is 384 g/mol. The molecule has 0 saturated carbocycles. The summed E-state index contributed by atoms with van der Waals surface area (Å²) in [7, 11) is 0. The number of benzene rings is 1. The Kier molecular flexibility index (Phi) is 5.90. The molecule has 2 fully saturated rings. The number of carbonyl (C=O) groups excluding carboxylic acids is 3. The zero-order valence-corrected chi connectivity index (χ0v) is 17.4. The molecule has 30 heavy (non-hydrogen) atoms. The minimum absolute atomic E-state index is 0.159. The van der Waals surface area contributed by atoms with Crippen LogP contribution in [0.5, 0.6) is 0 Å². The number of nitrogens with one attached hydrogen (secondary N) is 3. The van der Waals surface area contributed by atoms with Gasteiger partial charge >= 0.3 is 0 Å². The molecule has 0 aromatic heterocycles. The molecule has 8 nitrogen and oxygen atoms in total. The minimum Gasteiger partial charge on any atom is -0.389 e. The summed E-state index contributed by atoms with van der Waals surface area (Å²) >= 11 is 0. The van der Waals surface area contributed by atoms with Gasteiger partial charge in [0.25, 0.3) is 5.91 Å². The standard InChI is InChI=1S/C22H30N4O4/c1-22(30,16-6-8-23-9-7-16)13-24-11-14-2-3-17-15(10-14)12-26(21(17)29)18-4-5-19(27)25-20(18)28/h2-3,10,16,18,23-24,30H,4-9,11-13H2,1H3,(H,25,27,28). The van der Waals surface area contributed by atoms with E-state index in [1.807, 2.05) is 25.1 Å². The number of nitrogens with zero attached hydrogens (tertiary/aromatic N) is 1. The van der Waals surface area contributed by atoms with Crippen molar-refractivity contribution in [3.8, 4) is 0 Å². The lowest BCUT2D eigenvalue weighted by Gasteiger charge is -2.36. The molecule has 0 spiro atoms. The van der Waals surface area contributed by atoms with Crippen molar-refractivity contribution in [2.75, 3.05) is 19.6 Å². The van der Waals surface area contributed by atoms with Crippen molar-refractivity contribution in [2.24, 2.45) is 5.92 Å². The number of imide groups is 1. The average Bonchev–Trinajstić information content (AvgIpc) is 3.04. The summed E-state index contributed by atoms with van der Waals surface area (Å²) in [4.78, 5) is 37.9. The molecule has 0 aliphatic carbocycles. The van der Waals surface area contributed by atoms with Crippen LogP contribution in [-0.2, 0) is 22.7 Å². The van der Waals surface area contributed by atoms with E-state index in [2.05, 4.69) is 16.0 Å². The third-order valence-electron chi connectivity index (χ3n) is 6.62. The number of piperidine rings is 2. The highest BCUT2D eigenvalue weighted by Gasteiger charge is 2.39. The first-order chi connectivity index (χ1) is 14.3. The molecule has 1 aromatic carbocycles. The highest BCUT2D eigenvalue weighted by Crippen LogP contribution is 2.29. The summed E-state index contributed by atoms with van der Waals surface area (Å²) in [5.41, 5.74) is 1.80. The molecule has 2 atom stereocenters. The van der Waals surface area contributed by atoms with Gasteiger partial charge in [-0.2, -0.15) is 0 Å². The van der Waals surface area contributed by atoms with Crippen LogP contribution < -0.4 is 16.0 Å². The van der Waals surface area contributed by atoms with E-state index in [9.17, 15) is 19.5 Å². The van der Waals surface area contributed by atoms with E-state index in [0.717, 1.165) is 37.1 Å². The Balaban J connectivity index is 1.36. The predicted molar refractivity (Wildman–Crippen MR) is 110 cm³/mol. The van der Waals surface area contributed by atoms with Gasteiger partial charge in [0.1, 0.15) is 6.04 Å². The molecule has 3 heterocycles. The van der Waals surface area contributed by atoms with Gasteiger partial charge in [-0.15, -0.1) is 0 Å². The quantitative estimate of drug-likeness (QED) is 0.498. The maximum absolute atomic E-state index is 12.8. The number of fused-ring (bicyclic) bond motifs is 1. The third-order valence-corrected chi connectivity index (χ3v) is 6.62. The lowest BCUT2D eigenvalue weighted by molar-refractivity contribution is -0.136. The van der Waals surface area contributed by atoms with Crippen LogP contribution in [0.2, 0.25) is 0 Å². The van der Waals surface area contributed by atoms with E-state index in [1.54, 1.807) is 4.90 Å². The predicted octanol–water partition coefficient (Wildman–Crippen LogP) is 0.288. The van der Waals surface area contributed by atoms with Crippen molar-refractivity contribution in [3.63, 3.8) is 0 Å². The fourth-order valence-electron chi connectivity index (χ4n) is 4.79. The third kappa shape index (κ3) is 4.26. The SMILES string of the molecule is CC(O)(CNCc1ccc2c(c1)CN(C1CCC(=O)NC1=O)C2=O)C1CCNCC1. The maximum Gasteiger partial charge on any atom is 0.255 e. The van der Waals surface area contributed by atoms with E-state index in [-0.39, 0.29) is 24.2 Å². The molecule has 2 unspecified atom stereocenters. The van der Waals surface area contributed by atoms with Crippen molar-refractivity contribution >= 4 is 17.7 Å². The normalized spacial score (nSPS) is 24.5. The number of carbonyl (C=O) groups is 3. The lowest BCUT2D eigenvalue weighted by Crippen LogP contribution is -2.52. The van der Waals surface area contributed by atoms with E-state index < -0.39 is 17.6 Å². The van der Waals surface area contributed by atoms with Crippen molar-refractivity contribution in [1.82, 2.24) is 20.9 Å². The molecule has 2 saturated heterocycles. The number of rotatable bonds is 6. The number of amides is 3. The zero-order chi connectivity index (χ0) is 21.3. The summed E-state index contributed by atoms with van der Waals surface area (Å²) in [5, 5.41) is 19.8. The Morgan fingerprint density at radius 3 is 2.70 bits per heavy atom. The van der Waals surface area contributed by atoms with Gasteiger partial charge in [-0.05, 0) is 62.4 Å². The van der Waals surface area contributed by atoms with Gasteiger partial charge in [0.15, 0.2) is 0 Å². The minimum atomic E-state index is -0.753. The second-order valence-corrected chi connectivity index (χ2v) is 8.88. The van der Waals surface area contributed by atoms with Gasteiger partial charge in [0.2, 0.25) is 11.8 Å². The average molecular weight is 415 g/mol.